The molecule has 15 heavy (non-hydrogen) atoms. The number of rotatable bonds is 0. The van der Waals surface area contributed by atoms with Crippen molar-refractivity contribution in [1.29, 1.82) is 0 Å². The molecular weight excluding hydrogens is 192 g/mol. The van der Waals surface area contributed by atoms with E-state index in [-0.39, 0.29) is 5.56 Å². The summed E-state index contributed by atoms with van der Waals surface area (Å²) in [7, 11) is 0. The molecule has 3 rings (SSSR count). The molecule has 3 aromatic rings. The van der Waals surface area contributed by atoms with Crippen molar-refractivity contribution in [2.45, 2.75) is 0 Å². The Morgan fingerprint density at radius 1 is 1.00 bits per heavy atom. The van der Waals surface area contributed by atoms with Crippen molar-refractivity contribution < 1.29 is 0 Å². The van der Waals surface area contributed by atoms with E-state index in [4.69, 9.17) is 0 Å². The van der Waals surface area contributed by atoms with Gasteiger partial charge in [0, 0.05) is 0 Å². The average Bonchev–Trinajstić information content (AvgIpc) is 2.27. The van der Waals surface area contributed by atoms with Crippen LogP contribution in [0.5, 0.6) is 0 Å². The van der Waals surface area contributed by atoms with Crippen LogP contribution >= 0.6 is 0 Å². The van der Waals surface area contributed by atoms with Crippen LogP contribution in [-0.2, 0) is 0 Å². The second kappa shape index (κ2) is 2.84. The van der Waals surface area contributed by atoms with E-state index in [2.05, 4.69) is 20.2 Å². The summed E-state index contributed by atoms with van der Waals surface area (Å²) in [5.74, 6) is 0. The summed E-state index contributed by atoms with van der Waals surface area (Å²) >= 11 is 0. The lowest BCUT2D eigenvalue weighted by molar-refractivity contribution is 0.999. The van der Waals surface area contributed by atoms with E-state index in [9.17, 15) is 4.79 Å². The molecule has 0 aliphatic rings. The molecule has 72 valence electrons. The first-order valence-corrected chi connectivity index (χ1v) is 4.45. The van der Waals surface area contributed by atoms with Crippen LogP contribution in [0.2, 0.25) is 0 Å². The Hall–Kier alpha value is -2.30. The van der Waals surface area contributed by atoms with E-state index in [1.165, 1.54) is 6.20 Å². The summed E-state index contributed by atoms with van der Waals surface area (Å²) in [5, 5.41) is 6.01. The molecule has 0 saturated carbocycles. The van der Waals surface area contributed by atoms with Crippen molar-refractivity contribution in [2.24, 2.45) is 0 Å². The molecule has 0 aliphatic carbocycles. The summed E-state index contributed by atoms with van der Waals surface area (Å²) in [4.78, 5) is 19.9. The monoisotopic (exact) mass is 198 g/mol. The number of benzene rings is 1. The number of hydrogen-bond donors (Lipinski definition) is 1. The third kappa shape index (κ3) is 1.17. The highest BCUT2D eigenvalue weighted by molar-refractivity contribution is 5.84. The lowest BCUT2D eigenvalue weighted by Crippen LogP contribution is -2.09. The summed E-state index contributed by atoms with van der Waals surface area (Å²) in [6.45, 7) is 0. The van der Waals surface area contributed by atoms with Gasteiger partial charge in [0.05, 0.1) is 17.2 Å². The van der Waals surface area contributed by atoms with E-state index in [1.807, 2.05) is 24.3 Å². The molecular formula is C10H6N4O. The van der Waals surface area contributed by atoms with Crippen LogP contribution in [0.3, 0.4) is 0 Å². The molecule has 0 aliphatic heterocycles. The largest absolute Gasteiger partial charge is 0.292 e. The summed E-state index contributed by atoms with van der Waals surface area (Å²) in [6, 6.07) is 7.41. The van der Waals surface area contributed by atoms with Crippen molar-refractivity contribution >= 4 is 22.1 Å². The molecule has 0 spiro atoms. The average molecular weight is 198 g/mol. The molecule has 0 atom stereocenters. The standard InChI is InChI=1S/C10H6N4O/c15-10-9-8(5-11-14-10)12-6-3-1-2-4-7(6)13-9/h1-5H,(H,14,15). The zero-order valence-corrected chi connectivity index (χ0v) is 7.64. The highest BCUT2D eigenvalue weighted by atomic mass is 16.1. The Labute approximate surface area is 83.8 Å². The maximum absolute atomic E-state index is 11.4. The number of hydrogen-bond acceptors (Lipinski definition) is 4. The molecule has 0 bridgehead atoms. The number of H-pyrrole nitrogens is 1. The van der Waals surface area contributed by atoms with E-state index < -0.39 is 0 Å². The summed E-state index contributed by atoms with van der Waals surface area (Å²) in [5.41, 5.74) is 1.99. The molecule has 0 radical (unpaired) electrons. The van der Waals surface area contributed by atoms with Gasteiger partial charge in [-0.1, -0.05) is 12.1 Å². The van der Waals surface area contributed by atoms with Crippen LogP contribution in [0.25, 0.3) is 22.1 Å². The molecule has 0 fully saturated rings. The molecule has 2 heterocycles. The van der Waals surface area contributed by atoms with Crippen molar-refractivity contribution in [1.82, 2.24) is 20.2 Å². The third-order valence-corrected chi connectivity index (χ3v) is 2.17. The number of aromatic nitrogens is 4. The number of aromatic amines is 1. The SMILES string of the molecule is O=c1[nH]ncc2nc3ccccc3nc12. The molecule has 0 amide bonds. The minimum atomic E-state index is -0.314. The first-order chi connectivity index (χ1) is 7.34. The minimum absolute atomic E-state index is 0.314. The lowest BCUT2D eigenvalue weighted by Gasteiger charge is -1.97. The topological polar surface area (TPSA) is 71.5 Å². The van der Waals surface area contributed by atoms with Gasteiger partial charge in [-0.05, 0) is 12.1 Å². The van der Waals surface area contributed by atoms with E-state index in [1.54, 1.807) is 0 Å². The molecule has 1 aromatic carbocycles. The Morgan fingerprint density at radius 3 is 2.53 bits per heavy atom. The van der Waals surface area contributed by atoms with E-state index in [0.717, 1.165) is 5.52 Å². The molecule has 0 saturated heterocycles. The fourth-order valence-corrected chi connectivity index (χ4v) is 1.48. The molecule has 0 unspecified atom stereocenters. The fraction of sp³-hybridized carbons (Fsp3) is 0. The van der Waals surface area contributed by atoms with Crippen molar-refractivity contribution in [3.05, 3.63) is 40.8 Å². The highest BCUT2D eigenvalue weighted by Crippen LogP contribution is 2.11. The first kappa shape index (κ1) is 8.05. The molecule has 2 aromatic heterocycles. The maximum Gasteiger partial charge on any atom is 0.292 e. The quantitative estimate of drug-likeness (QED) is 0.544. The Bertz CT molecular complexity index is 704. The van der Waals surface area contributed by atoms with Gasteiger partial charge in [-0.25, -0.2) is 15.1 Å². The van der Waals surface area contributed by atoms with Gasteiger partial charge in [-0.15, -0.1) is 0 Å². The number of nitrogens with one attached hydrogen (secondary N) is 1. The van der Waals surface area contributed by atoms with Gasteiger partial charge in [0.15, 0.2) is 5.52 Å². The predicted molar refractivity (Wildman–Crippen MR) is 55.5 cm³/mol. The zero-order chi connectivity index (χ0) is 10.3. The normalized spacial score (nSPS) is 10.9. The lowest BCUT2D eigenvalue weighted by atomic mass is 10.3. The van der Waals surface area contributed by atoms with Crippen LogP contribution in [0, 0.1) is 0 Å². The van der Waals surface area contributed by atoms with Crippen LogP contribution in [0.4, 0.5) is 0 Å². The Balaban J connectivity index is 2.59. The van der Waals surface area contributed by atoms with Gasteiger partial charge in [-0.3, -0.25) is 4.79 Å². The van der Waals surface area contributed by atoms with Gasteiger partial charge in [0.1, 0.15) is 5.52 Å². The second-order valence-corrected chi connectivity index (χ2v) is 3.15. The molecule has 5 heteroatoms. The van der Waals surface area contributed by atoms with Gasteiger partial charge >= 0.3 is 0 Å². The van der Waals surface area contributed by atoms with Crippen LogP contribution in [-0.4, -0.2) is 20.2 Å². The van der Waals surface area contributed by atoms with Crippen molar-refractivity contribution in [3.8, 4) is 0 Å². The first-order valence-electron chi connectivity index (χ1n) is 4.45. The zero-order valence-electron chi connectivity index (χ0n) is 7.64. The summed E-state index contributed by atoms with van der Waals surface area (Å²) in [6.07, 6.45) is 1.50. The number of nitrogens with zero attached hydrogens (tertiary/aromatic N) is 3. The smallest absolute Gasteiger partial charge is 0.265 e. The second-order valence-electron chi connectivity index (χ2n) is 3.15. The molecule has 5 nitrogen and oxygen atoms in total. The fourth-order valence-electron chi connectivity index (χ4n) is 1.48. The Morgan fingerprint density at radius 2 is 1.73 bits per heavy atom. The van der Waals surface area contributed by atoms with Crippen LogP contribution in [0.1, 0.15) is 0 Å². The van der Waals surface area contributed by atoms with Crippen LogP contribution in [0.15, 0.2) is 35.3 Å². The third-order valence-electron chi connectivity index (χ3n) is 2.17. The maximum atomic E-state index is 11.4. The van der Waals surface area contributed by atoms with Crippen LogP contribution < -0.4 is 5.56 Å². The van der Waals surface area contributed by atoms with Gasteiger partial charge in [-0.2, -0.15) is 5.10 Å². The Kier molecular flexibility index (Phi) is 1.53. The van der Waals surface area contributed by atoms with Gasteiger partial charge in [0.25, 0.3) is 5.56 Å². The predicted octanol–water partition coefficient (Wildman–Crippen LogP) is 0.866. The van der Waals surface area contributed by atoms with Crippen molar-refractivity contribution in [3.63, 3.8) is 0 Å². The van der Waals surface area contributed by atoms with E-state index >= 15 is 0 Å². The number of fused-ring (bicyclic) bond motifs is 2. The van der Waals surface area contributed by atoms with E-state index in [0.29, 0.717) is 16.6 Å². The highest BCUT2D eigenvalue weighted by Gasteiger charge is 2.03. The number of para-hydroxylation sites is 2. The van der Waals surface area contributed by atoms with Gasteiger partial charge in [0.2, 0.25) is 0 Å². The minimum Gasteiger partial charge on any atom is -0.265 e. The summed E-state index contributed by atoms with van der Waals surface area (Å²) < 4.78 is 0. The van der Waals surface area contributed by atoms with Gasteiger partial charge < -0.3 is 0 Å². The molecule has 1 N–H and O–H groups in total. The van der Waals surface area contributed by atoms with Crippen molar-refractivity contribution in [2.75, 3.05) is 0 Å².